The van der Waals surface area contributed by atoms with Crippen LogP contribution in [0.1, 0.15) is 26.2 Å². The van der Waals surface area contributed by atoms with Crippen molar-refractivity contribution < 1.29 is 8.42 Å². The maximum atomic E-state index is 12.1. The Bertz CT molecular complexity index is 286. The molecule has 0 aromatic carbocycles. The largest absolute Gasteiger partial charge is 0.314 e. The molecule has 1 saturated heterocycles. The van der Waals surface area contributed by atoms with Crippen LogP contribution >= 0.6 is 0 Å². The van der Waals surface area contributed by atoms with Crippen LogP contribution in [0.2, 0.25) is 0 Å². The molecule has 0 bridgehead atoms. The molecule has 1 aliphatic heterocycles. The van der Waals surface area contributed by atoms with Gasteiger partial charge in [0.25, 0.3) is 10.2 Å². The van der Waals surface area contributed by atoms with Crippen molar-refractivity contribution in [1.82, 2.24) is 13.9 Å². The number of nitrogens with one attached hydrogen (secondary N) is 1. The van der Waals surface area contributed by atoms with E-state index in [0.717, 1.165) is 32.4 Å². The van der Waals surface area contributed by atoms with Crippen molar-refractivity contribution in [3.63, 3.8) is 0 Å². The lowest BCUT2D eigenvalue weighted by Gasteiger charge is -2.30. The fourth-order valence-electron chi connectivity index (χ4n) is 1.77. The van der Waals surface area contributed by atoms with Crippen molar-refractivity contribution in [1.29, 1.82) is 0 Å². The highest BCUT2D eigenvalue weighted by Gasteiger charge is 2.27. The van der Waals surface area contributed by atoms with E-state index >= 15 is 0 Å². The summed E-state index contributed by atoms with van der Waals surface area (Å²) >= 11 is 0. The van der Waals surface area contributed by atoms with Gasteiger partial charge in [0.1, 0.15) is 0 Å². The first-order valence-corrected chi connectivity index (χ1v) is 7.41. The second-order valence-corrected chi connectivity index (χ2v) is 6.22. The van der Waals surface area contributed by atoms with Gasteiger partial charge in [0.15, 0.2) is 0 Å². The van der Waals surface area contributed by atoms with Gasteiger partial charge in [-0.15, -0.1) is 0 Å². The van der Waals surface area contributed by atoms with Gasteiger partial charge in [-0.25, -0.2) is 0 Å². The third-order valence-electron chi connectivity index (χ3n) is 2.87. The number of hydrogen-bond donors (Lipinski definition) is 1. The molecule has 1 fully saturated rings. The molecular weight excluding hydrogens is 226 g/mol. The van der Waals surface area contributed by atoms with Gasteiger partial charge in [-0.3, -0.25) is 0 Å². The Kier molecular flexibility index (Phi) is 5.68. The molecule has 1 rings (SSSR count). The van der Waals surface area contributed by atoms with Gasteiger partial charge in [-0.05, 0) is 6.42 Å². The summed E-state index contributed by atoms with van der Waals surface area (Å²) in [6.45, 7) is 5.41. The first kappa shape index (κ1) is 13.9. The van der Waals surface area contributed by atoms with Crippen LogP contribution < -0.4 is 5.32 Å². The summed E-state index contributed by atoms with van der Waals surface area (Å²) in [6, 6.07) is 0. The summed E-state index contributed by atoms with van der Waals surface area (Å²) in [6.07, 6.45) is 3.14. The van der Waals surface area contributed by atoms with E-state index in [2.05, 4.69) is 12.2 Å². The smallest absolute Gasteiger partial charge is 0.281 e. The first-order valence-electron chi connectivity index (χ1n) is 6.01. The van der Waals surface area contributed by atoms with Gasteiger partial charge in [-0.1, -0.05) is 19.8 Å². The van der Waals surface area contributed by atoms with E-state index in [1.54, 1.807) is 11.4 Å². The lowest BCUT2D eigenvalue weighted by Crippen LogP contribution is -2.51. The molecule has 0 atom stereocenters. The van der Waals surface area contributed by atoms with Crippen LogP contribution in [0.25, 0.3) is 0 Å². The Morgan fingerprint density at radius 2 is 1.88 bits per heavy atom. The molecule has 0 saturated carbocycles. The van der Waals surface area contributed by atoms with Crippen LogP contribution in [0.3, 0.4) is 0 Å². The van der Waals surface area contributed by atoms with Gasteiger partial charge >= 0.3 is 0 Å². The fraction of sp³-hybridized carbons (Fsp3) is 1.00. The maximum Gasteiger partial charge on any atom is 0.281 e. The van der Waals surface area contributed by atoms with Crippen molar-refractivity contribution in [3.8, 4) is 0 Å². The number of rotatable bonds is 6. The minimum atomic E-state index is -3.22. The highest BCUT2D eigenvalue weighted by atomic mass is 32.2. The molecule has 1 aliphatic rings. The molecule has 96 valence electrons. The lowest BCUT2D eigenvalue weighted by molar-refractivity contribution is 0.324. The quantitative estimate of drug-likeness (QED) is 0.687. The Hall–Kier alpha value is -0.170. The number of nitrogens with zero attached hydrogens (tertiary/aromatic N) is 2. The Labute approximate surface area is 99.0 Å². The SMILES string of the molecule is CCCCCN(C)S(=O)(=O)N1CCNCC1. The first-order chi connectivity index (χ1) is 7.59. The fourth-order valence-corrected chi connectivity index (χ4v) is 3.17. The van der Waals surface area contributed by atoms with E-state index in [4.69, 9.17) is 0 Å². The van der Waals surface area contributed by atoms with Gasteiger partial charge < -0.3 is 5.32 Å². The van der Waals surface area contributed by atoms with Crippen molar-refractivity contribution in [3.05, 3.63) is 0 Å². The number of piperazine rings is 1. The van der Waals surface area contributed by atoms with Crippen LogP contribution in [-0.4, -0.2) is 56.8 Å². The molecule has 0 radical (unpaired) electrons. The van der Waals surface area contributed by atoms with E-state index in [1.807, 2.05) is 0 Å². The highest BCUT2D eigenvalue weighted by Crippen LogP contribution is 2.09. The number of hydrogen-bond acceptors (Lipinski definition) is 3. The monoisotopic (exact) mass is 249 g/mol. The van der Waals surface area contributed by atoms with Crippen LogP contribution in [0.4, 0.5) is 0 Å². The zero-order valence-corrected chi connectivity index (χ0v) is 11.1. The molecular formula is C10H23N3O2S. The topological polar surface area (TPSA) is 52.7 Å². The minimum absolute atomic E-state index is 0.584. The molecule has 0 aliphatic carbocycles. The zero-order chi connectivity index (χ0) is 12.0. The molecule has 0 aromatic heterocycles. The summed E-state index contributed by atoms with van der Waals surface area (Å²) in [5.41, 5.74) is 0. The van der Waals surface area contributed by atoms with Crippen LogP contribution in [0.5, 0.6) is 0 Å². The van der Waals surface area contributed by atoms with Crippen LogP contribution in [0, 0.1) is 0 Å². The summed E-state index contributed by atoms with van der Waals surface area (Å²) < 4.78 is 27.3. The van der Waals surface area contributed by atoms with Crippen LogP contribution in [-0.2, 0) is 10.2 Å². The predicted octanol–water partition coefficient (Wildman–Crippen LogP) is 0.258. The second-order valence-electron chi connectivity index (χ2n) is 4.19. The molecule has 0 spiro atoms. The van der Waals surface area contributed by atoms with E-state index in [1.165, 1.54) is 4.31 Å². The summed E-state index contributed by atoms with van der Waals surface area (Å²) in [4.78, 5) is 0. The average molecular weight is 249 g/mol. The van der Waals surface area contributed by atoms with Crippen molar-refractivity contribution >= 4 is 10.2 Å². The molecule has 1 heterocycles. The molecule has 0 unspecified atom stereocenters. The highest BCUT2D eigenvalue weighted by molar-refractivity contribution is 7.86. The maximum absolute atomic E-state index is 12.1. The third kappa shape index (κ3) is 3.69. The molecule has 5 nitrogen and oxygen atoms in total. The molecule has 0 aromatic rings. The standard InChI is InChI=1S/C10H23N3O2S/c1-3-4-5-8-12(2)16(14,15)13-9-6-11-7-10-13/h11H,3-10H2,1-2H3. The number of unbranched alkanes of at least 4 members (excludes halogenated alkanes) is 2. The Balaban J connectivity index is 2.47. The summed E-state index contributed by atoms with van der Waals surface area (Å²) in [5, 5.41) is 3.15. The predicted molar refractivity (Wildman–Crippen MR) is 65.5 cm³/mol. The summed E-state index contributed by atoms with van der Waals surface area (Å²) in [5.74, 6) is 0. The minimum Gasteiger partial charge on any atom is -0.314 e. The molecule has 1 N–H and O–H groups in total. The zero-order valence-electron chi connectivity index (χ0n) is 10.3. The lowest BCUT2D eigenvalue weighted by atomic mass is 10.2. The normalized spacial score (nSPS) is 19.2. The average Bonchev–Trinajstić information content (AvgIpc) is 2.30. The molecule has 0 amide bonds. The third-order valence-corrected chi connectivity index (χ3v) is 4.86. The van der Waals surface area contributed by atoms with Gasteiger partial charge in [0, 0.05) is 39.8 Å². The molecule has 6 heteroatoms. The Morgan fingerprint density at radius 1 is 1.25 bits per heavy atom. The van der Waals surface area contributed by atoms with Gasteiger partial charge in [-0.2, -0.15) is 17.0 Å². The van der Waals surface area contributed by atoms with E-state index in [9.17, 15) is 8.42 Å². The van der Waals surface area contributed by atoms with E-state index in [0.29, 0.717) is 19.6 Å². The second kappa shape index (κ2) is 6.54. The molecule has 16 heavy (non-hydrogen) atoms. The van der Waals surface area contributed by atoms with Crippen molar-refractivity contribution in [2.24, 2.45) is 0 Å². The van der Waals surface area contributed by atoms with Crippen molar-refractivity contribution in [2.75, 3.05) is 39.8 Å². The van der Waals surface area contributed by atoms with Gasteiger partial charge in [0.2, 0.25) is 0 Å². The van der Waals surface area contributed by atoms with E-state index < -0.39 is 10.2 Å². The summed E-state index contributed by atoms with van der Waals surface area (Å²) in [7, 11) is -1.54. The van der Waals surface area contributed by atoms with Crippen LogP contribution in [0.15, 0.2) is 0 Å². The Morgan fingerprint density at radius 3 is 2.44 bits per heavy atom. The van der Waals surface area contributed by atoms with Gasteiger partial charge in [0.05, 0.1) is 0 Å². The van der Waals surface area contributed by atoms with E-state index in [-0.39, 0.29) is 0 Å². The van der Waals surface area contributed by atoms with Crippen molar-refractivity contribution in [2.45, 2.75) is 26.2 Å².